The van der Waals surface area contributed by atoms with Gasteiger partial charge in [-0.3, -0.25) is 9.11 Å². The Morgan fingerprint density at radius 2 is 1.00 bits per heavy atom. The average Bonchev–Trinajstić information content (AvgIpc) is 2.29. The quantitative estimate of drug-likeness (QED) is 0.649. The lowest BCUT2D eigenvalue weighted by Gasteiger charge is -2.00. The van der Waals surface area contributed by atoms with Crippen LogP contribution >= 0.6 is 8.58 Å². The van der Waals surface area contributed by atoms with Crippen molar-refractivity contribution in [2.75, 3.05) is 0 Å². The highest BCUT2D eigenvalue weighted by atomic mass is 32.3. The summed E-state index contributed by atoms with van der Waals surface area (Å²) in [6.07, 6.45) is 0. The maximum atomic E-state index is 8.74. The van der Waals surface area contributed by atoms with Gasteiger partial charge in [-0.1, -0.05) is 69.2 Å². The Hall–Kier alpha value is -1.26. The van der Waals surface area contributed by atoms with Crippen molar-refractivity contribution in [3.05, 3.63) is 60.7 Å². The second kappa shape index (κ2) is 7.24. The van der Waals surface area contributed by atoms with Crippen LogP contribution in [0.2, 0.25) is 0 Å². The number of rotatable bonds is 2. The molecule has 0 atom stereocenters. The Morgan fingerprint density at radius 3 is 1.28 bits per heavy atom. The summed E-state index contributed by atoms with van der Waals surface area (Å²) in [7, 11) is -3.89. The fraction of sp³-hybridized carbons (Fsp3) is 0. The summed E-state index contributed by atoms with van der Waals surface area (Å²) in [5.41, 5.74) is 0. The van der Waals surface area contributed by atoms with Crippen LogP contribution in [0, 0.1) is 0 Å². The van der Waals surface area contributed by atoms with Crippen molar-refractivity contribution in [1.29, 1.82) is 0 Å². The second-order valence-corrected chi connectivity index (χ2v) is 5.61. The van der Waals surface area contributed by atoms with Crippen molar-refractivity contribution in [1.82, 2.24) is 0 Å². The fourth-order valence-electron chi connectivity index (χ4n) is 1.21. The Labute approximate surface area is 108 Å². The second-order valence-electron chi connectivity index (χ2n) is 3.30. The van der Waals surface area contributed by atoms with Crippen LogP contribution in [0.4, 0.5) is 0 Å². The van der Waals surface area contributed by atoms with E-state index in [4.69, 9.17) is 17.5 Å². The van der Waals surface area contributed by atoms with E-state index in [1.165, 1.54) is 10.6 Å². The maximum absolute atomic E-state index is 8.74. The fourth-order valence-corrected chi connectivity index (χ4v) is 2.26. The summed E-state index contributed by atoms with van der Waals surface area (Å²) in [6, 6.07) is 21.2. The normalized spacial score (nSPS) is 10.3. The van der Waals surface area contributed by atoms with E-state index in [1.807, 2.05) is 0 Å². The number of hydrogen-bond acceptors (Lipinski definition) is 2. The van der Waals surface area contributed by atoms with E-state index in [-0.39, 0.29) is 0 Å². The lowest BCUT2D eigenvalue weighted by Crippen LogP contribution is -2.01. The molecule has 0 aromatic heterocycles. The molecular formula is C12H13O4PS. The lowest BCUT2D eigenvalue weighted by atomic mass is 10.4. The number of hydrogen-bond donors (Lipinski definition) is 2. The lowest BCUT2D eigenvalue weighted by molar-refractivity contribution is 0.381. The molecule has 2 aromatic rings. The third-order valence-corrected chi connectivity index (χ3v) is 3.08. The highest BCUT2D eigenvalue weighted by Gasteiger charge is 1.92. The molecule has 2 rings (SSSR count). The van der Waals surface area contributed by atoms with E-state index in [1.54, 1.807) is 0 Å². The first kappa shape index (κ1) is 14.8. The van der Waals surface area contributed by atoms with E-state index >= 15 is 0 Å². The van der Waals surface area contributed by atoms with Crippen LogP contribution in [0.25, 0.3) is 0 Å². The predicted octanol–water partition coefficient (Wildman–Crippen LogP) is 1.66. The zero-order chi connectivity index (χ0) is 13.4. The summed E-state index contributed by atoms with van der Waals surface area (Å²) in [5.74, 6) is 0. The van der Waals surface area contributed by atoms with Crippen LogP contribution in [0.1, 0.15) is 0 Å². The SMILES string of the molecule is O=S(=O)(O)O.c1ccc(Pc2ccccc2)cc1. The van der Waals surface area contributed by atoms with Gasteiger partial charge in [0, 0.05) is 0 Å². The number of benzene rings is 2. The van der Waals surface area contributed by atoms with Gasteiger partial charge in [0.2, 0.25) is 0 Å². The molecule has 6 heteroatoms. The van der Waals surface area contributed by atoms with Gasteiger partial charge in [-0.25, -0.2) is 0 Å². The highest BCUT2D eigenvalue weighted by Crippen LogP contribution is 2.08. The summed E-state index contributed by atoms with van der Waals surface area (Å²) in [6.45, 7) is 0. The van der Waals surface area contributed by atoms with Gasteiger partial charge in [0.25, 0.3) is 0 Å². The molecule has 0 saturated heterocycles. The maximum Gasteiger partial charge on any atom is 0.394 e. The molecule has 2 N–H and O–H groups in total. The van der Waals surface area contributed by atoms with E-state index in [2.05, 4.69) is 60.7 Å². The molecule has 0 amide bonds. The topological polar surface area (TPSA) is 74.6 Å². The standard InChI is InChI=1S/C12H11P.H2O4S/c1-3-7-11(8-4-1)13-12-9-5-2-6-10-12;1-5(2,3)4/h1-10,13H;(H2,1,2,3,4). The molecule has 96 valence electrons. The Balaban J connectivity index is 0.000000280. The summed E-state index contributed by atoms with van der Waals surface area (Å²) < 4.78 is 31.6. The Bertz CT molecular complexity index is 510. The van der Waals surface area contributed by atoms with Gasteiger partial charge in [-0.15, -0.1) is 0 Å². The minimum Gasteiger partial charge on any atom is -0.264 e. The van der Waals surface area contributed by atoms with Crippen molar-refractivity contribution >= 4 is 29.6 Å². The first-order chi connectivity index (χ1) is 8.45. The minimum atomic E-state index is -4.67. The molecule has 0 bridgehead atoms. The Kier molecular flexibility index (Phi) is 5.95. The van der Waals surface area contributed by atoms with E-state index in [0.717, 1.165) is 8.58 Å². The van der Waals surface area contributed by atoms with Gasteiger partial charge in [0.1, 0.15) is 0 Å². The van der Waals surface area contributed by atoms with Crippen molar-refractivity contribution < 1.29 is 17.5 Å². The zero-order valence-corrected chi connectivity index (χ0v) is 11.2. The van der Waals surface area contributed by atoms with Gasteiger partial charge in [0.05, 0.1) is 0 Å². The molecule has 0 aliphatic carbocycles. The van der Waals surface area contributed by atoms with Crippen molar-refractivity contribution in [2.24, 2.45) is 0 Å². The van der Waals surface area contributed by atoms with Crippen molar-refractivity contribution in [3.8, 4) is 0 Å². The first-order valence-corrected chi connectivity index (χ1v) is 7.42. The van der Waals surface area contributed by atoms with Gasteiger partial charge < -0.3 is 0 Å². The predicted molar refractivity (Wildman–Crippen MR) is 74.6 cm³/mol. The van der Waals surface area contributed by atoms with Gasteiger partial charge in [-0.2, -0.15) is 8.42 Å². The van der Waals surface area contributed by atoms with Crippen molar-refractivity contribution in [2.45, 2.75) is 0 Å². The van der Waals surface area contributed by atoms with E-state index in [9.17, 15) is 0 Å². The molecule has 0 unspecified atom stereocenters. The molecule has 2 aromatic carbocycles. The molecule has 0 heterocycles. The third-order valence-electron chi connectivity index (χ3n) is 1.84. The first-order valence-electron chi connectivity index (χ1n) is 5.02. The van der Waals surface area contributed by atoms with Gasteiger partial charge in [-0.05, 0) is 10.6 Å². The summed E-state index contributed by atoms with van der Waals surface area (Å²) in [5, 5.41) is 2.79. The Morgan fingerprint density at radius 1 is 0.722 bits per heavy atom. The third kappa shape index (κ3) is 7.92. The molecule has 18 heavy (non-hydrogen) atoms. The van der Waals surface area contributed by atoms with Gasteiger partial charge >= 0.3 is 10.4 Å². The van der Waals surface area contributed by atoms with Crippen LogP contribution < -0.4 is 10.6 Å². The van der Waals surface area contributed by atoms with Crippen LogP contribution in [0.3, 0.4) is 0 Å². The molecule has 0 fully saturated rings. The van der Waals surface area contributed by atoms with Crippen molar-refractivity contribution in [3.63, 3.8) is 0 Å². The largest absolute Gasteiger partial charge is 0.394 e. The van der Waals surface area contributed by atoms with Crippen LogP contribution in [-0.2, 0) is 10.4 Å². The summed E-state index contributed by atoms with van der Waals surface area (Å²) >= 11 is 0. The highest BCUT2D eigenvalue weighted by molar-refractivity contribution is 7.79. The molecule has 0 aliphatic rings. The average molecular weight is 284 g/mol. The van der Waals surface area contributed by atoms with Crippen LogP contribution in [0.15, 0.2) is 60.7 Å². The molecule has 4 nitrogen and oxygen atoms in total. The minimum absolute atomic E-state index is 0.777. The molecule has 0 radical (unpaired) electrons. The molecular weight excluding hydrogens is 271 g/mol. The molecule has 0 spiro atoms. The summed E-state index contributed by atoms with van der Waals surface area (Å²) in [4.78, 5) is 0. The van der Waals surface area contributed by atoms with Crippen LogP contribution in [0.5, 0.6) is 0 Å². The monoisotopic (exact) mass is 284 g/mol. The van der Waals surface area contributed by atoms with Gasteiger partial charge in [0.15, 0.2) is 0 Å². The smallest absolute Gasteiger partial charge is 0.264 e. The zero-order valence-electron chi connectivity index (χ0n) is 9.39. The van der Waals surface area contributed by atoms with Crippen LogP contribution in [-0.4, -0.2) is 17.5 Å². The molecule has 0 aliphatic heterocycles. The van der Waals surface area contributed by atoms with E-state index < -0.39 is 10.4 Å². The molecule has 0 saturated carbocycles. The van der Waals surface area contributed by atoms with E-state index in [0.29, 0.717) is 0 Å².